The van der Waals surface area contributed by atoms with Crippen LogP contribution in [0.15, 0.2) is 16.5 Å². The monoisotopic (exact) mass is 268 g/mol. The van der Waals surface area contributed by atoms with Crippen molar-refractivity contribution in [1.29, 1.82) is 0 Å². The fourth-order valence-corrected chi connectivity index (χ4v) is 1.65. The van der Waals surface area contributed by atoms with E-state index in [-0.39, 0.29) is 18.5 Å². The summed E-state index contributed by atoms with van der Waals surface area (Å²) >= 11 is 0. The lowest BCUT2D eigenvalue weighted by atomic mass is 10.1. The van der Waals surface area contributed by atoms with Crippen LogP contribution in [-0.2, 0) is 11.3 Å². The van der Waals surface area contributed by atoms with Crippen molar-refractivity contribution in [2.45, 2.75) is 45.7 Å². The molecule has 0 bridgehead atoms. The molecule has 1 rings (SSSR count). The quantitative estimate of drug-likeness (QED) is 0.705. The van der Waals surface area contributed by atoms with Crippen LogP contribution in [0.2, 0.25) is 0 Å². The zero-order valence-electron chi connectivity index (χ0n) is 11.2. The molecule has 0 spiro atoms. The first kappa shape index (κ1) is 15.1. The molecule has 0 radical (unpaired) electrons. The number of nitrogens with one attached hydrogen (secondary N) is 2. The number of carbonyl (C=O) groups excluding carboxylic acids is 1. The Kier molecular flexibility index (Phi) is 5.92. The minimum Gasteiger partial charge on any atom is -0.481 e. The second-order valence-electron chi connectivity index (χ2n) is 4.53. The van der Waals surface area contributed by atoms with Gasteiger partial charge in [-0.25, -0.2) is 4.79 Å². The smallest absolute Gasteiger partial charge is 0.315 e. The van der Waals surface area contributed by atoms with Gasteiger partial charge in [0.05, 0.1) is 6.54 Å². The lowest BCUT2D eigenvalue weighted by molar-refractivity contribution is -0.137. The highest BCUT2D eigenvalue weighted by molar-refractivity contribution is 5.74. The summed E-state index contributed by atoms with van der Waals surface area (Å²) in [7, 11) is 0. The van der Waals surface area contributed by atoms with Gasteiger partial charge in [0.1, 0.15) is 11.5 Å². The van der Waals surface area contributed by atoms with Gasteiger partial charge < -0.3 is 20.2 Å². The van der Waals surface area contributed by atoms with Gasteiger partial charge in [-0.2, -0.15) is 0 Å². The number of carboxylic acids is 1. The van der Waals surface area contributed by atoms with Crippen molar-refractivity contribution < 1.29 is 19.1 Å². The van der Waals surface area contributed by atoms with Crippen molar-refractivity contribution in [2.75, 3.05) is 0 Å². The summed E-state index contributed by atoms with van der Waals surface area (Å²) in [6.45, 7) is 4.02. The number of amides is 2. The molecular formula is C13H20N2O4. The second kappa shape index (κ2) is 7.45. The van der Waals surface area contributed by atoms with E-state index in [2.05, 4.69) is 10.6 Å². The summed E-state index contributed by atoms with van der Waals surface area (Å²) in [6, 6.07) is 3.31. The van der Waals surface area contributed by atoms with Gasteiger partial charge in [-0.3, -0.25) is 4.79 Å². The van der Waals surface area contributed by atoms with Gasteiger partial charge in [-0.15, -0.1) is 0 Å². The van der Waals surface area contributed by atoms with Crippen molar-refractivity contribution in [2.24, 2.45) is 0 Å². The first-order valence-corrected chi connectivity index (χ1v) is 6.29. The number of hydrogen-bond donors (Lipinski definition) is 3. The Morgan fingerprint density at radius 1 is 1.42 bits per heavy atom. The van der Waals surface area contributed by atoms with Crippen molar-refractivity contribution in [3.63, 3.8) is 0 Å². The number of aliphatic carboxylic acids is 1. The normalized spacial score (nSPS) is 11.9. The van der Waals surface area contributed by atoms with Crippen molar-refractivity contribution in [1.82, 2.24) is 10.6 Å². The molecule has 0 aliphatic heterocycles. The average Bonchev–Trinajstić information content (AvgIpc) is 2.72. The Bertz CT molecular complexity index is 428. The second-order valence-corrected chi connectivity index (χ2v) is 4.53. The van der Waals surface area contributed by atoms with Crippen LogP contribution in [0.4, 0.5) is 4.79 Å². The van der Waals surface area contributed by atoms with Gasteiger partial charge >= 0.3 is 12.0 Å². The molecule has 0 saturated heterocycles. The molecule has 6 heteroatoms. The van der Waals surface area contributed by atoms with E-state index in [4.69, 9.17) is 9.52 Å². The number of carboxylic acid groups (broad SMARTS) is 1. The van der Waals surface area contributed by atoms with Crippen molar-refractivity contribution in [3.05, 3.63) is 23.7 Å². The molecule has 2 amide bonds. The van der Waals surface area contributed by atoms with Crippen LogP contribution in [-0.4, -0.2) is 23.1 Å². The van der Waals surface area contributed by atoms with Gasteiger partial charge in [0.2, 0.25) is 0 Å². The molecule has 0 aromatic carbocycles. The standard InChI is InChI=1S/C13H20N2O4/c1-9(4-3-5-12(16)17)15-13(18)14-8-11-7-6-10(2)19-11/h6-7,9H,3-5,8H2,1-2H3,(H,16,17)(H2,14,15,18). The van der Waals surface area contributed by atoms with E-state index in [1.165, 1.54) is 0 Å². The summed E-state index contributed by atoms with van der Waals surface area (Å²) in [5, 5.41) is 13.9. The largest absolute Gasteiger partial charge is 0.481 e. The fraction of sp³-hybridized carbons (Fsp3) is 0.538. The van der Waals surface area contributed by atoms with Crippen LogP contribution in [0.3, 0.4) is 0 Å². The molecule has 1 atom stereocenters. The number of rotatable bonds is 7. The molecule has 1 aromatic rings. The van der Waals surface area contributed by atoms with Crippen LogP contribution in [0.5, 0.6) is 0 Å². The number of furan rings is 1. The SMILES string of the molecule is Cc1ccc(CNC(=O)NC(C)CCCC(=O)O)o1. The molecule has 0 aliphatic carbocycles. The van der Waals surface area contributed by atoms with E-state index in [1.54, 1.807) is 0 Å². The van der Waals surface area contributed by atoms with Crippen LogP contribution in [0, 0.1) is 6.92 Å². The lowest BCUT2D eigenvalue weighted by Gasteiger charge is -2.13. The van der Waals surface area contributed by atoms with Gasteiger partial charge in [-0.1, -0.05) is 0 Å². The highest BCUT2D eigenvalue weighted by atomic mass is 16.4. The van der Waals surface area contributed by atoms with Gasteiger partial charge in [-0.05, 0) is 38.8 Å². The zero-order chi connectivity index (χ0) is 14.3. The lowest BCUT2D eigenvalue weighted by Crippen LogP contribution is -2.40. The topological polar surface area (TPSA) is 91.6 Å². The number of hydrogen-bond acceptors (Lipinski definition) is 3. The summed E-state index contributed by atoms with van der Waals surface area (Å²) in [6.07, 6.45) is 1.31. The molecular weight excluding hydrogens is 248 g/mol. The Balaban J connectivity index is 2.17. The predicted molar refractivity (Wildman–Crippen MR) is 69.8 cm³/mol. The molecule has 3 N–H and O–H groups in total. The molecule has 19 heavy (non-hydrogen) atoms. The molecule has 1 unspecified atom stereocenters. The molecule has 0 saturated carbocycles. The molecule has 1 aromatic heterocycles. The minimum atomic E-state index is -0.815. The van der Waals surface area contributed by atoms with Gasteiger partial charge in [0.15, 0.2) is 0 Å². The van der Waals surface area contributed by atoms with E-state index in [0.717, 1.165) is 5.76 Å². The Labute approximate surface area is 112 Å². The molecule has 1 heterocycles. The third kappa shape index (κ3) is 6.49. The van der Waals surface area contributed by atoms with Crippen LogP contribution >= 0.6 is 0 Å². The number of aryl methyl sites for hydroxylation is 1. The third-order valence-corrected chi connectivity index (χ3v) is 2.62. The third-order valence-electron chi connectivity index (χ3n) is 2.62. The van der Waals surface area contributed by atoms with E-state index in [9.17, 15) is 9.59 Å². The number of carbonyl (C=O) groups is 2. The molecule has 6 nitrogen and oxygen atoms in total. The van der Waals surface area contributed by atoms with Gasteiger partial charge in [0.25, 0.3) is 0 Å². The van der Waals surface area contributed by atoms with E-state index >= 15 is 0 Å². The molecule has 0 fully saturated rings. The summed E-state index contributed by atoms with van der Waals surface area (Å²) in [4.78, 5) is 21.9. The first-order chi connectivity index (χ1) is 8.97. The van der Waals surface area contributed by atoms with Crippen LogP contribution in [0.25, 0.3) is 0 Å². The van der Waals surface area contributed by atoms with E-state index in [0.29, 0.717) is 25.1 Å². The highest BCUT2D eigenvalue weighted by Gasteiger charge is 2.08. The average molecular weight is 268 g/mol. The van der Waals surface area contributed by atoms with E-state index < -0.39 is 5.97 Å². The summed E-state index contributed by atoms with van der Waals surface area (Å²) in [5.41, 5.74) is 0. The Hall–Kier alpha value is -1.98. The van der Waals surface area contributed by atoms with E-state index in [1.807, 2.05) is 26.0 Å². The van der Waals surface area contributed by atoms with Crippen LogP contribution < -0.4 is 10.6 Å². The first-order valence-electron chi connectivity index (χ1n) is 6.29. The minimum absolute atomic E-state index is 0.0577. The predicted octanol–water partition coefficient (Wildman–Crippen LogP) is 2.03. The maximum Gasteiger partial charge on any atom is 0.315 e. The summed E-state index contributed by atoms with van der Waals surface area (Å²) in [5.74, 6) is 0.690. The Morgan fingerprint density at radius 2 is 2.16 bits per heavy atom. The van der Waals surface area contributed by atoms with Crippen molar-refractivity contribution >= 4 is 12.0 Å². The summed E-state index contributed by atoms with van der Waals surface area (Å²) < 4.78 is 5.32. The fourth-order valence-electron chi connectivity index (χ4n) is 1.65. The zero-order valence-corrected chi connectivity index (χ0v) is 11.2. The Morgan fingerprint density at radius 3 is 2.74 bits per heavy atom. The van der Waals surface area contributed by atoms with Crippen molar-refractivity contribution in [3.8, 4) is 0 Å². The van der Waals surface area contributed by atoms with Gasteiger partial charge in [0, 0.05) is 12.5 Å². The highest BCUT2D eigenvalue weighted by Crippen LogP contribution is 2.05. The number of urea groups is 1. The molecule has 0 aliphatic rings. The molecule has 106 valence electrons. The maximum atomic E-state index is 11.6. The maximum absolute atomic E-state index is 11.6. The van der Waals surface area contributed by atoms with Crippen LogP contribution in [0.1, 0.15) is 37.7 Å².